The van der Waals surface area contributed by atoms with Gasteiger partial charge in [-0.2, -0.15) is 0 Å². The number of rotatable bonds is 0. The molecule has 0 amide bonds. The molecular weight excluding hydrogens is 255 g/mol. The average molecular weight is 262 g/mol. The zero-order chi connectivity index (χ0) is 11.8. The number of fused-ring (bicyclic) bond motifs is 1. The highest BCUT2D eigenvalue weighted by molar-refractivity contribution is 6.70. The van der Waals surface area contributed by atoms with Crippen molar-refractivity contribution in [2.24, 2.45) is 4.99 Å². The van der Waals surface area contributed by atoms with E-state index in [1.165, 1.54) is 0 Å². The highest BCUT2D eigenvalue weighted by Gasteiger charge is 2.22. The van der Waals surface area contributed by atoms with Crippen LogP contribution in [0.5, 0.6) is 0 Å². The van der Waals surface area contributed by atoms with Crippen LogP contribution in [-0.4, -0.2) is 5.17 Å². The molecule has 0 atom stereocenters. The number of anilines is 1. The van der Waals surface area contributed by atoms with Crippen LogP contribution in [0.25, 0.3) is 0 Å². The van der Waals surface area contributed by atoms with Gasteiger partial charge >= 0.3 is 0 Å². The molecule has 1 aliphatic heterocycles. The van der Waals surface area contributed by atoms with Crippen LogP contribution in [0.1, 0.15) is 0 Å². The summed E-state index contributed by atoms with van der Waals surface area (Å²) < 4.78 is 0. The van der Waals surface area contributed by atoms with Gasteiger partial charge in [0.05, 0.1) is 17.5 Å². The van der Waals surface area contributed by atoms with Crippen LogP contribution in [0.4, 0.5) is 11.4 Å². The maximum atomic E-state index is 6.18. The van der Waals surface area contributed by atoms with E-state index in [1.54, 1.807) is 6.07 Å². The first-order valence-electron chi connectivity index (χ1n) is 5.05. The Balaban J connectivity index is 2.19. The van der Waals surface area contributed by atoms with Crippen LogP contribution in [0.15, 0.2) is 52.7 Å². The first kappa shape index (κ1) is 10.5. The van der Waals surface area contributed by atoms with E-state index in [4.69, 9.17) is 23.2 Å². The predicted molar refractivity (Wildman–Crippen MR) is 72.0 cm³/mol. The predicted octanol–water partition coefficient (Wildman–Crippen LogP) is 4.22. The molecule has 1 heterocycles. The van der Waals surface area contributed by atoms with Crippen molar-refractivity contribution in [2.75, 3.05) is 5.32 Å². The number of nitrogens with zero attached hydrogens (tertiary/aromatic N) is 1. The maximum absolute atomic E-state index is 6.18. The molecule has 0 bridgehead atoms. The summed E-state index contributed by atoms with van der Waals surface area (Å²) in [6.07, 6.45) is 8.54. The third kappa shape index (κ3) is 1.87. The van der Waals surface area contributed by atoms with Gasteiger partial charge in [0.1, 0.15) is 17.7 Å². The van der Waals surface area contributed by atoms with Gasteiger partial charge in [-0.25, -0.2) is 4.99 Å². The van der Waals surface area contributed by atoms with Crippen molar-refractivity contribution in [1.82, 2.24) is 0 Å². The minimum Gasteiger partial charge on any atom is -0.331 e. The van der Waals surface area contributed by atoms with Crippen molar-refractivity contribution in [2.45, 2.75) is 0 Å². The van der Waals surface area contributed by atoms with Crippen LogP contribution in [0, 0.1) is 6.08 Å². The number of halogens is 2. The van der Waals surface area contributed by atoms with E-state index >= 15 is 0 Å². The summed E-state index contributed by atoms with van der Waals surface area (Å²) in [5, 5.41) is 4.35. The average Bonchev–Trinajstić information content (AvgIpc) is 2.46. The standard InChI is InChI=1S/C13H7Cl2N2/c14-8-5-6-11-12(7-8)17-13(15)9-3-1-2-4-10(9)16-11/h2-7,16H/q+1. The molecular formula is C13H7Cl2N2+. The summed E-state index contributed by atoms with van der Waals surface area (Å²) in [4.78, 5) is 4.36. The first-order chi connectivity index (χ1) is 8.24. The molecule has 0 aromatic heterocycles. The zero-order valence-corrected chi connectivity index (χ0v) is 10.2. The molecule has 0 saturated carbocycles. The van der Waals surface area contributed by atoms with Gasteiger partial charge in [-0.05, 0) is 29.8 Å². The molecule has 2 nitrogen and oxygen atoms in total. The molecule has 1 aromatic carbocycles. The molecule has 0 fully saturated rings. The topological polar surface area (TPSA) is 24.4 Å². The van der Waals surface area contributed by atoms with Crippen LogP contribution < -0.4 is 5.32 Å². The third-order valence-corrected chi connectivity index (χ3v) is 3.06. The number of hydrogen-bond donors (Lipinski definition) is 1. The van der Waals surface area contributed by atoms with E-state index in [1.807, 2.05) is 30.4 Å². The molecule has 82 valence electrons. The Labute approximate surface area is 109 Å². The minimum absolute atomic E-state index is 0.436. The zero-order valence-electron chi connectivity index (χ0n) is 8.67. The van der Waals surface area contributed by atoms with Crippen molar-refractivity contribution >= 4 is 39.7 Å². The molecule has 0 spiro atoms. The fourth-order valence-corrected chi connectivity index (χ4v) is 2.14. The Morgan fingerprint density at radius 3 is 3.00 bits per heavy atom. The lowest BCUT2D eigenvalue weighted by Crippen LogP contribution is -2.04. The van der Waals surface area contributed by atoms with Gasteiger partial charge in [0.25, 0.3) is 0 Å². The molecule has 1 N–H and O–H groups in total. The van der Waals surface area contributed by atoms with Crippen molar-refractivity contribution in [3.8, 4) is 0 Å². The van der Waals surface area contributed by atoms with Gasteiger partial charge in [0, 0.05) is 11.1 Å². The van der Waals surface area contributed by atoms with Gasteiger partial charge in [0.2, 0.25) is 0 Å². The summed E-state index contributed by atoms with van der Waals surface area (Å²) >= 11 is 12.1. The fraction of sp³-hybridized carbons (Fsp3) is 0. The number of hydrogen-bond acceptors (Lipinski definition) is 2. The van der Waals surface area contributed by atoms with E-state index in [0.29, 0.717) is 10.2 Å². The Hall–Kier alpha value is -1.60. The molecule has 1 aromatic rings. The second-order valence-corrected chi connectivity index (χ2v) is 4.46. The van der Waals surface area contributed by atoms with E-state index in [-0.39, 0.29) is 0 Å². The number of aliphatic imine (C=N–C) groups is 1. The summed E-state index contributed by atoms with van der Waals surface area (Å²) in [6.45, 7) is 0. The Kier molecular flexibility index (Phi) is 2.49. The third-order valence-electron chi connectivity index (χ3n) is 2.53. The van der Waals surface area contributed by atoms with Crippen LogP contribution >= 0.6 is 23.2 Å². The molecule has 0 saturated heterocycles. The molecule has 4 heteroatoms. The van der Waals surface area contributed by atoms with Gasteiger partial charge in [-0.15, -0.1) is 0 Å². The molecule has 1 aliphatic carbocycles. The lowest BCUT2D eigenvalue weighted by atomic mass is 10.1. The Bertz CT molecular complexity index is 610. The molecule has 3 rings (SSSR count). The second kappa shape index (κ2) is 4.01. The van der Waals surface area contributed by atoms with Crippen molar-refractivity contribution in [3.05, 3.63) is 58.8 Å². The monoisotopic (exact) mass is 261 g/mol. The highest BCUT2D eigenvalue weighted by Crippen LogP contribution is 2.34. The Morgan fingerprint density at radius 1 is 1.24 bits per heavy atom. The van der Waals surface area contributed by atoms with E-state index in [9.17, 15) is 0 Å². The van der Waals surface area contributed by atoms with E-state index < -0.39 is 0 Å². The summed E-state index contributed by atoms with van der Waals surface area (Å²) in [5.74, 6) is 0. The van der Waals surface area contributed by atoms with Crippen molar-refractivity contribution in [1.29, 1.82) is 0 Å². The van der Waals surface area contributed by atoms with Crippen molar-refractivity contribution in [3.63, 3.8) is 0 Å². The normalized spacial score (nSPS) is 16.5. The molecule has 0 radical (unpaired) electrons. The maximum Gasteiger partial charge on any atom is 0.197 e. The lowest BCUT2D eigenvalue weighted by molar-refractivity contribution is 1.43. The van der Waals surface area contributed by atoms with Gasteiger partial charge < -0.3 is 5.32 Å². The molecule has 2 aliphatic rings. The second-order valence-electron chi connectivity index (χ2n) is 3.66. The number of benzene rings is 1. The minimum atomic E-state index is 0.436. The van der Waals surface area contributed by atoms with Crippen LogP contribution in [-0.2, 0) is 0 Å². The quantitative estimate of drug-likeness (QED) is 0.695. The van der Waals surface area contributed by atoms with Gasteiger partial charge in [-0.3, -0.25) is 0 Å². The smallest absolute Gasteiger partial charge is 0.197 e. The summed E-state index contributed by atoms with van der Waals surface area (Å²) in [5.41, 5.74) is 3.37. The summed E-state index contributed by atoms with van der Waals surface area (Å²) in [6, 6.07) is 5.48. The van der Waals surface area contributed by atoms with Crippen molar-refractivity contribution < 1.29 is 0 Å². The largest absolute Gasteiger partial charge is 0.331 e. The number of nitrogens with one attached hydrogen (secondary N) is 1. The molecule has 0 unspecified atom stereocenters. The van der Waals surface area contributed by atoms with E-state index in [2.05, 4.69) is 16.4 Å². The first-order valence-corrected chi connectivity index (χ1v) is 5.81. The van der Waals surface area contributed by atoms with Crippen LogP contribution in [0.3, 0.4) is 0 Å². The van der Waals surface area contributed by atoms with Crippen LogP contribution in [0.2, 0.25) is 5.02 Å². The lowest BCUT2D eigenvalue weighted by Gasteiger charge is -2.05. The fourth-order valence-electron chi connectivity index (χ4n) is 1.72. The molecule has 17 heavy (non-hydrogen) atoms. The SMILES string of the molecule is ClC1=Nc2cc(Cl)ccc2NC2=C1C=[C+]C=C2. The Morgan fingerprint density at radius 2 is 2.12 bits per heavy atom. The van der Waals surface area contributed by atoms with Gasteiger partial charge in [0.15, 0.2) is 10.9 Å². The summed E-state index contributed by atoms with van der Waals surface area (Å²) in [7, 11) is 0. The highest BCUT2D eigenvalue weighted by atomic mass is 35.5. The van der Waals surface area contributed by atoms with E-state index in [0.717, 1.165) is 22.6 Å². The number of allylic oxidation sites excluding steroid dienone is 5. The van der Waals surface area contributed by atoms with Gasteiger partial charge in [-0.1, -0.05) is 11.6 Å².